The normalized spacial score (nSPS) is 17.4. The highest BCUT2D eigenvalue weighted by Gasteiger charge is 2.53. The molecule has 4 aromatic rings. The molecule has 6 rings (SSSR count). The first-order valence-corrected chi connectivity index (χ1v) is 18.3. The number of benzene rings is 1. The second kappa shape index (κ2) is 14.8. The summed E-state index contributed by atoms with van der Waals surface area (Å²) in [5, 5.41) is 51.3. The number of tetrazole rings is 1. The van der Waals surface area contributed by atoms with E-state index < -0.39 is 46.3 Å². The van der Waals surface area contributed by atoms with Gasteiger partial charge in [-0.15, -0.1) is 34.9 Å². The fourth-order valence-electron chi connectivity index (χ4n) is 4.89. The third-order valence-electron chi connectivity index (χ3n) is 7.72. The molecule has 2 atom stereocenters. The lowest BCUT2D eigenvalue weighted by Crippen LogP contribution is -2.70. The van der Waals surface area contributed by atoms with Gasteiger partial charge in [0.25, 0.3) is 11.8 Å². The van der Waals surface area contributed by atoms with Crippen molar-refractivity contribution in [2.24, 2.45) is 5.16 Å². The van der Waals surface area contributed by atoms with Crippen molar-refractivity contribution in [1.29, 1.82) is 0 Å². The maximum Gasteiger partial charge on any atom is 0.350 e. The van der Waals surface area contributed by atoms with Crippen LogP contribution in [0.1, 0.15) is 35.7 Å². The minimum Gasteiger partial charge on any atom is -0.504 e. The summed E-state index contributed by atoms with van der Waals surface area (Å²) in [6.45, 7) is 2.46. The van der Waals surface area contributed by atoms with E-state index in [1.807, 2.05) is 12.1 Å². The number of thioether (sulfide) groups is 2. The number of nitrogen functional groups attached to an aromatic ring is 1. The van der Waals surface area contributed by atoms with Gasteiger partial charge in [0.15, 0.2) is 34.7 Å². The first-order chi connectivity index (χ1) is 24.7. The summed E-state index contributed by atoms with van der Waals surface area (Å²) in [5.41, 5.74) is 4.99. The number of pyridine rings is 1. The molecule has 0 unspecified atom stereocenters. The molecule has 5 heterocycles. The standard InChI is InChI=1S/C30H27ClN10O8S3/c1-30(2,28(47)48)49-37-20(16-12-52-29(32)33-16)25(45)34-21-26(46)41-22(24-35-38-39-36-24)13(11-51-27(21)41)10-50-14-5-7-40(8-6-14)9-18(43)15-3-4-17(42)23(44)19(15)31/h3-8,12,21,27H,9-11H2,1-2H3,(H6-,32,33,34,35,36,37,38,39,42,43,44,45,47,48)/t21-,27-/m1/s1. The Balaban J connectivity index is 1.15. The number of aliphatic carboxylic acids is 1. The van der Waals surface area contributed by atoms with E-state index in [-0.39, 0.29) is 45.3 Å². The molecule has 2 aliphatic heterocycles. The van der Waals surface area contributed by atoms with Crippen molar-refractivity contribution >= 4 is 86.6 Å². The number of β-lactam (4-membered cyclic amide) rings is 1. The number of carbonyl (C=O) groups is 4. The summed E-state index contributed by atoms with van der Waals surface area (Å²) in [7, 11) is 0. The van der Waals surface area contributed by atoms with Crippen LogP contribution in [-0.4, -0.2) is 98.5 Å². The molecule has 0 bridgehead atoms. The molecule has 0 spiro atoms. The third-order valence-corrected chi connectivity index (χ3v) is 11.2. The number of carboxylic acids is 1. The number of Topliss-reactive ketones (excluding diaryl/α,β-unsaturated/α-hetero) is 1. The second-order valence-electron chi connectivity index (χ2n) is 11.6. The number of rotatable bonds is 13. The summed E-state index contributed by atoms with van der Waals surface area (Å²) in [6.07, 6.45) is 3.42. The predicted octanol–water partition coefficient (Wildman–Crippen LogP) is 1.29. The number of carboxylic acid groups (broad SMARTS) is 1. The number of phenolic OH excluding ortho intramolecular Hbond substituents is 2. The van der Waals surface area contributed by atoms with Crippen LogP contribution in [0.5, 0.6) is 11.5 Å². The van der Waals surface area contributed by atoms with E-state index in [1.54, 1.807) is 17.0 Å². The van der Waals surface area contributed by atoms with E-state index in [0.29, 0.717) is 17.2 Å². The Kier molecular flexibility index (Phi) is 10.4. The summed E-state index contributed by atoms with van der Waals surface area (Å²) in [5.74, 6) is -2.93. The summed E-state index contributed by atoms with van der Waals surface area (Å²) >= 11 is 9.96. The number of fused-ring (bicyclic) bond motifs is 1. The lowest BCUT2D eigenvalue weighted by atomic mass is 10.0. The van der Waals surface area contributed by atoms with Crippen LogP contribution >= 0.6 is 46.5 Å². The van der Waals surface area contributed by atoms with Gasteiger partial charge in [-0.05, 0) is 31.6 Å². The van der Waals surface area contributed by atoms with E-state index in [0.717, 1.165) is 21.8 Å². The van der Waals surface area contributed by atoms with Crippen LogP contribution in [0.25, 0.3) is 5.70 Å². The van der Waals surface area contributed by atoms with Crippen LogP contribution in [0, 0.1) is 0 Å². The molecule has 0 aliphatic carbocycles. The zero-order valence-electron chi connectivity index (χ0n) is 27.0. The average Bonchev–Trinajstić information content (AvgIpc) is 3.81. The van der Waals surface area contributed by atoms with Gasteiger partial charge in [-0.25, -0.2) is 9.78 Å². The molecular weight excluding hydrogens is 760 g/mol. The van der Waals surface area contributed by atoms with Crippen molar-refractivity contribution in [2.75, 3.05) is 17.2 Å². The lowest BCUT2D eigenvalue weighted by Gasteiger charge is -2.50. The Labute approximate surface area is 311 Å². The number of aromatic hydroxyl groups is 2. The molecule has 2 amide bonds. The average molecular weight is 787 g/mol. The Morgan fingerprint density at radius 3 is 2.65 bits per heavy atom. The molecule has 1 aromatic carbocycles. The molecule has 6 N–H and O–H groups in total. The van der Waals surface area contributed by atoms with Crippen LogP contribution in [0.3, 0.4) is 0 Å². The summed E-state index contributed by atoms with van der Waals surface area (Å²) in [6, 6.07) is 5.17. The van der Waals surface area contributed by atoms with Gasteiger partial charge in [0.2, 0.25) is 17.9 Å². The van der Waals surface area contributed by atoms with Crippen LogP contribution in [0.2, 0.25) is 5.02 Å². The van der Waals surface area contributed by atoms with E-state index in [2.05, 4.69) is 36.1 Å². The number of halogens is 1. The molecule has 1 saturated heterocycles. The first kappa shape index (κ1) is 36.5. The number of carbonyl (C=O) groups excluding carboxylic acids is 3. The van der Waals surface area contributed by atoms with Gasteiger partial charge in [0, 0.05) is 39.5 Å². The zero-order valence-corrected chi connectivity index (χ0v) is 30.2. The van der Waals surface area contributed by atoms with Crippen LogP contribution in [0.4, 0.5) is 5.13 Å². The number of amides is 2. The Bertz CT molecular complexity index is 2120. The molecule has 22 heteroatoms. The van der Waals surface area contributed by atoms with Crippen molar-refractivity contribution in [3.05, 3.63) is 69.7 Å². The monoisotopic (exact) mass is 786 g/mol. The van der Waals surface area contributed by atoms with E-state index in [9.17, 15) is 34.5 Å². The number of ketones is 1. The highest BCUT2D eigenvalue weighted by atomic mass is 35.5. The highest BCUT2D eigenvalue weighted by Crippen LogP contribution is 2.44. The highest BCUT2D eigenvalue weighted by molar-refractivity contribution is 8.01. The number of nitrogens with two attached hydrogens (primary N) is 1. The minimum absolute atomic E-state index is 0.0448. The van der Waals surface area contributed by atoms with Crippen LogP contribution in [-0.2, 0) is 25.8 Å². The largest absolute Gasteiger partial charge is 0.504 e. The first-order valence-electron chi connectivity index (χ1n) is 15.0. The molecule has 2 aliphatic rings. The lowest BCUT2D eigenvalue weighted by molar-refractivity contribution is -0.683. The topological polar surface area (TPSA) is 261 Å². The van der Waals surface area contributed by atoms with Crippen molar-refractivity contribution < 1.29 is 43.9 Å². The number of thiazole rings is 1. The molecular formula is C30H27ClN10O8S3. The van der Waals surface area contributed by atoms with E-state index in [4.69, 9.17) is 22.2 Å². The summed E-state index contributed by atoms with van der Waals surface area (Å²) in [4.78, 5) is 63.0. The van der Waals surface area contributed by atoms with Gasteiger partial charge in [-0.3, -0.25) is 29.6 Å². The SMILES string of the molecule is CC(C)(O/N=C(/C(=O)N[C@@H]1C(=O)N2C(c3nnn[n-]3)=C(CSc3cc[n+](CC(=O)c4ccc(O)c(O)c4Cl)cc3)CS[C@H]12)c1csc(N)n1)C(=O)O. The van der Waals surface area contributed by atoms with Crippen LogP contribution < -0.4 is 20.7 Å². The molecule has 1 fully saturated rings. The van der Waals surface area contributed by atoms with Crippen molar-refractivity contribution in [2.45, 2.75) is 42.3 Å². The van der Waals surface area contributed by atoms with Crippen LogP contribution in [0.15, 0.2) is 57.7 Å². The van der Waals surface area contributed by atoms with Gasteiger partial charge < -0.3 is 36.3 Å². The molecule has 0 radical (unpaired) electrons. The van der Waals surface area contributed by atoms with Crippen molar-refractivity contribution in [3.8, 4) is 11.5 Å². The number of hydrogen-bond donors (Lipinski definition) is 5. The maximum absolute atomic E-state index is 13.6. The molecule has 0 saturated carbocycles. The number of anilines is 1. The predicted molar refractivity (Wildman–Crippen MR) is 187 cm³/mol. The van der Waals surface area contributed by atoms with Gasteiger partial charge in [-0.2, -0.15) is 9.78 Å². The number of phenols is 2. The number of oxime groups is 1. The van der Waals surface area contributed by atoms with Crippen molar-refractivity contribution in [1.82, 2.24) is 35.8 Å². The minimum atomic E-state index is -1.76. The molecule has 3 aromatic heterocycles. The van der Waals surface area contributed by atoms with Gasteiger partial charge in [0.1, 0.15) is 17.1 Å². The molecule has 52 heavy (non-hydrogen) atoms. The van der Waals surface area contributed by atoms with Gasteiger partial charge in [0.05, 0.1) is 16.5 Å². The molecule has 270 valence electrons. The van der Waals surface area contributed by atoms with Crippen molar-refractivity contribution in [3.63, 3.8) is 0 Å². The number of hydrogen-bond acceptors (Lipinski definition) is 16. The zero-order chi connectivity index (χ0) is 37.3. The smallest absolute Gasteiger partial charge is 0.350 e. The second-order valence-corrected chi connectivity index (χ2v) is 15.1. The van der Waals surface area contributed by atoms with Gasteiger partial charge in [-0.1, -0.05) is 16.8 Å². The van der Waals surface area contributed by atoms with E-state index >= 15 is 0 Å². The third kappa shape index (κ3) is 7.38. The Morgan fingerprint density at radius 1 is 1.25 bits per heavy atom. The quantitative estimate of drug-likeness (QED) is 0.0243. The fraction of sp³-hybridized carbons (Fsp3) is 0.267. The summed E-state index contributed by atoms with van der Waals surface area (Å²) < 4.78 is 1.64. The number of nitrogens with one attached hydrogen (secondary N) is 1. The fourth-order valence-corrected chi connectivity index (χ4v) is 8.07. The Morgan fingerprint density at radius 2 is 2.00 bits per heavy atom. The number of nitrogens with zero attached hydrogens (tertiary/aromatic N) is 8. The van der Waals surface area contributed by atoms with E-state index in [1.165, 1.54) is 59.8 Å². The number of aromatic nitrogens is 6. The maximum atomic E-state index is 13.6. The molecule has 18 nitrogen and oxygen atoms in total. The Hall–Kier alpha value is -5.25. The van der Waals surface area contributed by atoms with Gasteiger partial charge >= 0.3 is 5.97 Å².